The van der Waals surface area contributed by atoms with Crippen LogP contribution in [0.1, 0.15) is 105 Å². The number of rotatable bonds is 36. The number of hydrogen-bond acceptors (Lipinski definition) is 19. The molecule has 0 bridgehead atoms. The van der Waals surface area contributed by atoms with E-state index in [1.165, 1.54) is 11.8 Å². The van der Waals surface area contributed by atoms with Crippen molar-refractivity contribution in [2.24, 2.45) is 11.5 Å². The van der Waals surface area contributed by atoms with Crippen molar-refractivity contribution in [3.8, 4) is 0 Å². The van der Waals surface area contributed by atoms with Gasteiger partial charge in [0.15, 0.2) is 11.9 Å². The number of carbonyl (C=O) groups excluding carboxylic acids is 12. The lowest BCUT2D eigenvalue weighted by molar-refractivity contribution is -0.145. The molecule has 0 rings (SSSR count). The van der Waals surface area contributed by atoms with Crippen LogP contribution in [0.15, 0.2) is 0 Å². The molecule has 0 radical (unpaired) electrons. The normalized spacial score (nSPS) is 12.9. The second kappa shape index (κ2) is 39.1. The number of esters is 2. The largest absolute Gasteiger partial charge is 0.466 e. The van der Waals surface area contributed by atoms with Crippen LogP contribution in [0.3, 0.4) is 0 Å². The number of primary amides is 2. The van der Waals surface area contributed by atoms with Crippen molar-refractivity contribution in [3.05, 3.63) is 0 Å². The van der Waals surface area contributed by atoms with Crippen molar-refractivity contribution >= 4 is 95.1 Å². The Kier molecular flexibility index (Phi) is 35.2. The van der Waals surface area contributed by atoms with E-state index in [-0.39, 0.29) is 103 Å². The van der Waals surface area contributed by atoms with Crippen molar-refractivity contribution in [2.75, 3.05) is 51.5 Å². The molecule has 0 aliphatic rings. The molecule has 0 aromatic rings. The molecule has 10 amide bonds. The lowest BCUT2D eigenvalue weighted by atomic mass is 10.0. The van der Waals surface area contributed by atoms with Gasteiger partial charge in [-0.05, 0) is 91.1 Å². The second-order valence-corrected chi connectivity index (χ2v) is 17.0. The first-order valence-corrected chi connectivity index (χ1v) is 25.6. The van der Waals surface area contributed by atoms with Gasteiger partial charge in [0.25, 0.3) is 0 Å². The molecule has 30 nitrogen and oxygen atoms in total. The molecule has 0 aromatic heterocycles. The fraction of sp³-hybridized carbons (Fsp3) is 0.682. The van der Waals surface area contributed by atoms with Crippen LogP contribution >= 0.6 is 11.8 Å². The highest BCUT2D eigenvalue weighted by atomic mass is 32.2. The van der Waals surface area contributed by atoms with Gasteiger partial charge in [0.1, 0.15) is 36.3 Å². The smallest absolute Gasteiger partial charge is 0.413 e. The van der Waals surface area contributed by atoms with E-state index in [1.54, 1.807) is 34.0 Å². The highest BCUT2D eigenvalue weighted by molar-refractivity contribution is 7.98. The maximum atomic E-state index is 14.1. The van der Waals surface area contributed by atoms with Gasteiger partial charge in [-0.2, -0.15) is 11.8 Å². The first-order valence-electron chi connectivity index (χ1n) is 24.2. The number of alkyl carbamates (subject to hydrolysis) is 2. The van der Waals surface area contributed by atoms with Crippen molar-refractivity contribution < 1.29 is 76.5 Å². The van der Waals surface area contributed by atoms with Gasteiger partial charge in [0.2, 0.25) is 47.3 Å². The fourth-order valence-electron chi connectivity index (χ4n) is 6.42. The van der Waals surface area contributed by atoms with Crippen LogP contribution in [0.2, 0.25) is 0 Å². The minimum Gasteiger partial charge on any atom is -0.466 e. The van der Waals surface area contributed by atoms with E-state index >= 15 is 0 Å². The molecule has 0 spiro atoms. The molecule has 75 heavy (non-hydrogen) atoms. The molecule has 0 aromatic carbocycles. The van der Waals surface area contributed by atoms with Crippen LogP contribution < -0.4 is 64.6 Å². The van der Waals surface area contributed by atoms with E-state index in [9.17, 15) is 57.5 Å². The molecule has 0 saturated heterocycles. The second-order valence-electron chi connectivity index (χ2n) is 16.0. The van der Waals surface area contributed by atoms with E-state index in [0.717, 1.165) is 6.92 Å². The van der Waals surface area contributed by atoms with Crippen molar-refractivity contribution in [1.29, 1.82) is 10.8 Å². The first-order chi connectivity index (χ1) is 35.5. The number of carbonyl (C=O) groups is 12. The predicted octanol–water partition coefficient (Wildman–Crippen LogP) is -2.79. The molecule has 0 unspecified atom stereocenters. The third-order valence-corrected chi connectivity index (χ3v) is 10.7. The average molecular weight is 1090 g/mol. The minimum atomic E-state index is -1.61. The maximum absolute atomic E-state index is 14.1. The highest BCUT2D eigenvalue weighted by Crippen LogP contribution is 2.10. The number of thioether (sulfide) groups is 1. The fourth-order valence-corrected chi connectivity index (χ4v) is 6.89. The molecule has 0 saturated carbocycles. The molecular formula is C44H76N14O16S. The molecule has 0 aliphatic heterocycles. The Morgan fingerprint density at radius 2 is 0.800 bits per heavy atom. The van der Waals surface area contributed by atoms with Crippen LogP contribution in [0.25, 0.3) is 0 Å². The Morgan fingerprint density at radius 3 is 1.15 bits per heavy atom. The van der Waals surface area contributed by atoms with Gasteiger partial charge in [-0.15, -0.1) is 0 Å². The number of ether oxygens (including phenoxy) is 4. The Morgan fingerprint density at radius 1 is 0.467 bits per heavy atom. The van der Waals surface area contributed by atoms with Crippen LogP contribution in [0, 0.1) is 10.8 Å². The highest BCUT2D eigenvalue weighted by Gasteiger charge is 2.34. The van der Waals surface area contributed by atoms with Crippen LogP contribution in [0.5, 0.6) is 0 Å². The van der Waals surface area contributed by atoms with Gasteiger partial charge in [-0.3, -0.25) is 69.4 Å². The van der Waals surface area contributed by atoms with E-state index < -0.39 is 132 Å². The van der Waals surface area contributed by atoms with Gasteiger partial charge in [-0.25, -0.2) is 9.59 Å². The molecule has 0 fully saturated rings. The SMILES string of the molecule is CCOC(=O)CC[C@H](NC(C)=O)C(=O)N[C@@H](CCC(=O)OCC)C(=O)N[C@@H](CCSC)C(=O)N[C@@H](CCC(N)=O)C(=O)N[C@@H](CCCNC(=N)NC(=O)OCC)C(=O)N[C@@H](CCCNC(=N)NC(=O)OCC)C(N)=O. The van der Waals surface area contributed by atoms with Gasteiger partial charge in [0, 0.05) is 39.3 Å². The zero-order chi connectivity index (χ0) is 56.9. The lowest BCUT2D eigenvalue weighted by Gasteiger charge is -2.27. The Balaban J connectivity index is 6.73. The minimum absolute atomic E-state index is 0.00590. The number of hydrogen-bond donors (Lipinski definition) is 14. The summed E-state index contributed by atoms with van der Waals surface area (Å²) in [5.41, 5.74) is 11.0. The average Bonchev–Trinajstić information content (AvgIpc) is 3.33. The van der Waals surface area contributed by atoms with Gasteiger partial charge < -0.3 is 72.9 Å². The third kappa shape index (κ3) is 31.7. The Labute approximate surface area is 438 Å². The summed E-state index contributed by atoms with van der Waals surface area (Å²) in [5, 5.41) is 40.2. The molecular weight excluding hydrogens is 1010 g/mol. The zero-order valence-corrected chi connectivity index (χ0v) is 44.1. The number of amides is 10. The van der Waals surface area contributed by atoms with E-state index in [0.29, 0.717) is 0 Å². The summed E-state index contributed by atoms with van der Waals surface area (Å²) in [6.07, 6.45) is -2.40. The molecule has 31 heteroatoms. The Hall–Kier alpha value is -7.47. The topological polar surface area (TPSA) is 462 Å². The summed E-state index contributed by atoms with van der Waals surface area (Å²) in [6, 6.07) is -8.73. The molecule has 16 N–H and O–H groups in total. The van der Waals surface area contributed by atoms with Crippen molar-refractivity contribution in [1.82, 2.24) is 53.2 Å². The summed E-state index contributed by atoms with van der Waals surface area (Å²) in [4.78, 5) is 154. The lowest BCUT2D eigenvalue weighted by Crippen LogP contribution is -2.59. The van der Waals surface area contributed by atoms with Crippen LogP contribution in [-0.2, 0) is 66.9 Å². The van der Waals surface area contributed by atoms with Crippen molar-refractivity contribution in [2.45, 2.75) is 141 Å². The molecule has 6 atom stereocenters. The first kappa shape index (κ1) is 67.5. The van der Waals surface area contributed by atoms with Crippen molar-refractivity contribution in [3.63, 3.8) is 0 Å². The Bertz CT molecular complexity index is 1960. The summed E-state index contributed by atoms with van der Waals surface area (Å²) in [5.74, 6) is -9.25. The van der Waals surface area contributed by atoms with Gasteiger partial charge in [0.05, 0.1) is 26.4 Å². The van der Waals surface area contributed by atoms with E-state index in [4.69, 9.17) is 41.2 Å². The monoisotopic (exact) mass is 1090 g/mol. The summed E-state index contributed by atoms with van der Waals surface area (Å²) in [6.45, 7) is 7.55. The summed E-state index contributed by atoms with van der Waals surface area (Å²) < 4.78 is 19.4. The molecule has 0 heterocycles. The quantitative estimate of drug-likeness (QED) is 0.00991. The number of nitrogens with two attached hydrogens (primary N) is 2. The number of guanidine groups is 2. The molecule has 424 valence electrons. The van der Waals surface area contributed by atoms with Crippen LogP contribution in [-0.4, -0.2) is 171 Å². The predicted molar refractivity (Wildman–Crippen MR) is 270 cm³/mol. The zero-order valence-electron chi connectivity index (χ0n) is 43.3. The van der Waals surface area contributed by atoms with Gasteiger partial charge in [-0.1, -0.05) is 0 Å². The van der Waals surface area contributed by atoms with Crippen LogP contribution in [0.4, 0.5) is 9.59 Å². The summed E-state index contributed by atoms with van der Waals surface area (Å²) >= 11 is 1.28. The summed E-state index contributed by atoms with van der Waals surface area (Å²) in [7, 11) is 0. The van der Waals surface area contributed by atoms with E-state index in [2.05, 4.69) is 53.2 Å². The maximum Gasteiger partial charge on any atom is 0.413 e. The third-order valence-electron chi connectivity index (χ3n) is 10.0. The number of nitrogens with one attached hydrogen (secondary N) is 12. The van der Waals surface area contributed by atoms with Gasteiger partial charge >= 0.3 is 24.1 Å². The standard InChI is InChI=1S/C44H76N14O16S/c1-7-71-33(61)19-16-28(51-25(5)59)37(65)55-30(17-20-34(62)72-8-2)39(67)56-31(21-24-75-6)40(68)54-29(15-18-32(45)60)38(66)53-27(14-12-23-50-42(48)58-44(70)74-10-4)36(64)52-26(35(46)63)13-11-22-49-41(47)57-43(69)73-9-3/h26-31H,7-24H2,1-6H3,(H2,45,60)(H2,46,63)(H,51,59)(H,52,64)(H,53,66)(H,54,68)(H,55,65)(H,56,67)(H3,47,49,57,69)(H3,48,50,58,70)/t26-,27-,28-,29-,30-,31-/m0/s1. The van der Waals surface area contributed by atoms with E-state index in [1.807, 2.05) is 0 Å². The molecule has 0 aliphatic carbocycles.